The third kappa shape index (κ3) is 1.99. The molecule has 1 aromatic heterocycles. The quantitative estimate of drug-likeness (QED) is 0.687. The van der Waals surface area contributed by atoms with Crippen LogP contribution in [0.3, 0.4) is 0 Å². The van der Waals surface area contributed by atoms with Gasteiger partial charge in [0.15, 0.2) is 0 Å². The Balaban J connectivity index is 2.07. The fraction of sp³-hybridized carbons (Fsp3) is 0.455. The van der Waals surface area contributed by atoms with Crippen molar-refractivity contribution in [2.75, 3.05) is 11.9 Å². The fourth-order valence-electron chi connectivity index (χ4n) is 1.87. The second-order valence-corrected chi connectivity index (χ2v) is 4.26. The second-order valence-electron chi connectivity index (χ2n) is 4.26. The third-order valence-corrected chi connectivity index (χ3v) is 3.14. The smallest absolute Gasteiger partial charge is 0.250 e. The van der Waals surface area contributed by atoms with Gasteiger partial charge in [-0.05, 0) is 31.4 Å². The van der Waals surface area contributed by atoms with E-state index in [0.29, 0.717) is 12.1 Å². The molecule has 2 rings (SSSR count). The zero-order valence-corrected chi connectivity index (χ0v) is 9.07. The predicted octanol–water partition coefficient (Wildman–Crippen LogP) is 0.474. The standard InChI is InChI=1S/C11H16N4O/c12-7-11(4-1-5-11)15-9-3-2-8(6-14-9)10(13)16/h2-3,6H,1,4-5,7,12H2,(H2,13,16)(H,14,15). The van der Waals surface area contributed by atoms with Crippen molar-refractivity contribution >= 4 is 11.7 Å². The van der Waals surface area contributed by atoms with Crippen molar-refractivity contribution in [3.8, 4) is 0 Å². The van der Waals surface area contributed by atoms with E-state index in [9.17, 15) is 4.79 Å². The monoisotopic (exact) mass is 220 g/mol. The largest absolute Gasteiger partial charge is 0.366 e. The Morgan fingerprint density at radius 2 is 2.25 bits per heavy atom. The Bertz CT molecular complexity index is 378. The Morgan fingerprint density at radius 1 is 1.50 bits per heavy atom. The van der Waals surface area contributed by atoms with Crippen LogP contribution >= 0.6 is 0 Å². The molecule has 5 heteroatoms. The number of carbonyl (C=O) groups is 1. The van der Waals surface area contributed by atoms with E-state index in [-0.39, 0.29) is 5.54 Å². The number of nitrogens with one attached hydrogen (secondary N) is 1. The minimum Gasteiger partial charge on any atom is -0.366 e. The van der Waals surface area contributed by atoms with Crippen LogP contribution in [-0.2, 0) is 0 Å². The molecule has 86 valence electrons. The number of nitrogens with zero attached hydrogens (tertiary/aromatic N) is 1. The van der Waals surface area contributed by atoms with Gasteiger partial charge in [-0.1, -0.05) is 0 Å². The number of nitrogens with two attached hydrogens (primary N) is 2. The number of anilines is 1. The van der Waals surface area contributed by atoms with Crippen LogP contribution in [0.4, 0.5) is 5.82 Å². The molecule has 0 aliphatic heterocycles. The molecular formula is C11H16N4O. The van der Waals surface area contributed by atoms with E-state index in [1.165, 1.54) is 12.6 Å². The molecule has 0 spiro atoms. The highest BCUT2D eigenvalue weighted by molar-refractivity contribution is 5.92. The normalized spacial score (nSPS) is 17.6. The van der Waals surface area contributed by atoms with Crippen molar-refractivity contribution in [1.82, 2.24) is 4.98 Å². The number of primary amides is 1. The van der Waals surface area contributed by atoms with Crippen molar-refractivity contribution in [3.05, 3.63) is 23.9 Å². The summed E-state index contributed by atoms with van der Waals surface area (Å²) in [6.07, 6.45) is 4.82. The lowest BCUT2D eigenvalue weighted by Crippen LogP contribution is -2.51. The zero-order chi connectivity index (χ0) is 11.6. The van der Waals surface area contributed by atoms with Crippen molar-refractivity contribution in [2.24, 2.45) is 11.5 Å². The minimum atomic E-state index is -0.462. The molecule has 1 saturated carbocycles. The molecule has 0 bridgehead atoms. The lowest BCUT2D eigenvalue weighted by molar-refractivity contribution is 0.1000. The first-order valence-corrected chi connectivity index (χ1v) is 5.39. The predicted molar refractivity (Wildman–Crippen MR) is 62.0 cm³/mol. The number of hydrogen-bond acceptors (Lipinski definition) is 4. The molecule has 1 fully saturated rings. The summed E-state index contributed by atoms with van der Waals surface area (Å²) in [5.74, 6) is 0.284. The number of rotatable bonds is 4. The van der Waals surface area contributed by atoms with Crippen LogP contribution in [0.1, 0.15) is 29.6 Å². The zero-order valence-electron chi connectivity index (χ0n) is 9.07. The first-order valence-electron chi connectivity index (χ1n) is 5.39. The number of amides is 1. The van der Waals surface area contributed by atoms with E-state index >= 15 is 0 Å². The summed E-state index contributed by atoms with van der Waals surface area (Å²) in [5.41, 5.74) is 11.3. The van der Waals surface area contributed by atoms with Gasteiger partial charge in [0, 0.05) is 12.7 Å². The summed E-state index contributed by atoms with van der Waals surface area (Å²) in [7, 11) is 0. The molecule has 1 heterocycles. The third-order valence-electron chi connectivity index (χ3n) is 3.14. The molecule has 5 nitrogen and oxygen atoms in total. The Kier molecular flexibility index (Phi) is 2.78. The van der Waals surface area contributed by atoms with Gasteiger partial charge in [0.25, 0.3) is 0 Å². The minimum absolute atomic E-state index is 0.00123. The first-order chi connectivity index (χ1) is 7.65. The molecule has 1 aromatic rings. The number of carbonyl (C=O) groups excluding carboxylic acids is 1. The fourth-order valence-corrected chi connectivity index (χ4v) is 1.87. The first kappa shape index (κ1) is 10.9. The van der Waals surface area contributed by atoms with E-state index in [1.807, 2.05) is 0 Å². The SMILES string of the molecule is NCC1(Nc2ccc(C(N)=O)cn2)CCC1. The molecule has 0 unspecified atom stereocenters. The van der Waals surface area contributed by atoms with E-state index < -0.39 is 5.91 Å². The number of hydrogen-bond donors (Lipinski definition) is 3. The number of pyridine rings is 1. The Labute approximate surface area is 94.2 Å². The van der Waals surface area contributed by atoms with Crippen LogP contribution in [0.2, 0.25) is 0 Å². The van der Waals surface area contributed by atoms with Gasteiger partial charge in [-0.25, -0.2) is 4.98 Å². The van der Waals surface area contributed by atoms with Gasteiger partial charge in [-0.2, -0.15) is 0 Å². The Morgan fingerprint density at radius 3 is 2.62 bits per heavy atom. The van der Waals surface area contributed by atoms with Gasteiger partial charge < -0.3 is 16.8 Å². The molecule has 0 atom stereocenters. The molecule has 1 amide bonds. The average molecular weight is 220 g/mol. The molecule has 1 aliphatic carbocycles. The van der Waals surface area contributed by atoms with Crippen LogP contribution in [0, 0.1) is 0 Å². The molecule has 0 radical (unpaired) electrons. The van der Waals surface area contributed by atoms with E-state index in [4.69, 9.17) is 11.5 Å². The van der Waals surface area contributed by atoms with Crippen molar-refractivity contribution in [1.29, 1.82) is 0 Å². The molecule has 0 aromatic carbocycles. The van der Waals surface area contributed by atoms with Gasteiger partial charge in [0.2, 0.25) is 5.91 Å². The van der Waals surface area contributed by atoms with Gasteiger partial charge in [0.05, 0.1) is 11.1 Å². The summed E-state index contributed by atoms with van der Waals surface area (Å²) < 4.78 is 0. The van der Waals surface area contributed by atoms with Crippen molar-refractivity contribution in [3.63, 3.8) is 0 Å². The lowest BCUT2D eigenvalue weighted by Gasteiger charge is -2.42. The topological polar surface area (TPSA) is 94.0 Å². The molecule has 5 N–H and O–H groups in total. The van der Waals surface area contributed by atoms with Gasteiger partial charge in [-0.15, -0.1) is 0 Å². The Hall–Kier alpha value is -1.62. The van der Waals surface area contributed by atoms with Crippen LogP contribution < -0.4 is 16.8 Å². The van der Waals surface area contributed by atoms with Crippen LogP contribution in [0.15, 0.2) is 18.3 Å². The maximum absolute atomic E-state index is 10.9. The van der Waals surface area contributed by atoms with Crippen LogP contribution in [0.25, 0.3) is 0 Å². The maximum atomic E-state index is 10.9. The van der Waals surface area contributed by atoms with Crippen molar-refractivity contribution in [2.45, 2.75) is 24.8 Å². The lowest BCUT2D eigenvalue weighted by atomic mass is 9.77. The summed E-state index contributed by atoms with van der Waals surface area (Å²) in [6.45, 7) is 0.603. The van der Waals surface area contributed by atoms with Gasteiger partial charge in [0.1, 0.15) is 5.82 Å². The maximum Gasteiger partial charge on any atom is 0.250 e. The average Bonchev–Trinajstić information content (AvgIpc) is 2.24. The summed E-state index contributed by atoms with van der Waals surface area (Å²) in [5, 5.41) is 3.32. The van der Waals surface area contributed by atoms with Crippen molar-refractivity contribution < 1.29 is 4.79 Å². The number of aromatic nitrogens is 1. The van der Waals surface area contributed by atoms with E-state index in [1.54, 1.807) is 12.1 Å². The summed E-state index contributed by atoms with van der Waals surface area (Å²) in [4.78, 5) is 15.0. The highest BCUT2D eigenvalue weighted by atomic mass is 16.1. The molecule has 0 saturated heterocycles. The summed E-state index contributed by atoms with van der Waals surface area (Å²) >= 11 is 0. The van der Waals surface area contributed by atoms with Crippen LogP contribution in [0.5, 0.6) is 0 Å². The summed E-state index contributed by atoms with van der Waals surface area (Å²) in [6, 6.07) is 3.43. The molecule has 1 aliphatic rings. The second kappa shape index (κ2) is 4.09. The highest BCUT2D eigenvalue weighted by Gasteiger charge is 2.35. The van der Waals surface area contributed by atoms with Gasteiger partial charge in [-0.3, -0.25) is 4.79 Å². The van der Waals surface area contributed by atoms with Crippen LogP contribution in [-0.4, -0.2) is 23.0 Å². The molecular weight excluding hydrogens is 204 g/mol. The molecule has 16 heavy (non-hydrogen) atoms. The van der Waals surface area contributed by atoms with E-state index in [0.717, 1.165) is 18.7 Å². The van der Waals surface area contributed by atoms with E-state index in [2.05, 4.69) is 10.3 Å². The highest BCUT2D eigenvalue weighted by Crippen LogP contribution is 2.33. The van der Waals surface area contributed by atoms with Gasteiger partial charge >= 0.3 is 0 Å².